The number of nitrogens with zero attached hydrogens (tertiary/aromatic N) is 1. The lowest BCUT2D eigenvalue weighted by Gasteiger charge is -2.20. The second kappa shape index (κ2) is 7.59. The summed E-state index contributed by atoms with van der Waals surface area (Å²) in [6.07, 6.45) is 2.35. The molecule has 0 aliphatic heterocycles. The van der Waals surface area contributed by atoms with Crippen molar-refractivity contribution in [3.63, 3.8) is 0 Å². The van der Waals surface area contributed by atoms with E-state index in [4.69, 9.17) is 10.5 Å². The summed E-state index contributed by atoms with van der Waals surface area (Å²) in [7, 11) is 1.76. The number of amides is 1. The summed E-state index contributed by atoms with van der Waals surface area (Å²) in [5, 5.41) is 0. The first-order valence-corrected chi connectivity index (χ1v) is 6.41. The van der Waals surface area contributed by atoms with Gasteiger partial charge >= 0.3 is 0 Å². The van der Waals surface area contributed by atoms with Crippen molar-refractivity contribution < 1.29 is 9.53 Å². The van der Waals surface area contributed by atoms with Crippen LogP contribution in [0.4, 0.5) is 0 Å². The number of carbonyl (C=O) groups excluding carboxylic acids is 1. The summed E-state index contributed by atoms with van der Waals surface area (Å²) in [5.41, 5.74) is 6.78. The van der Waals surface area contributed by atoms with E-state index < -0.39 is 6.04 Å². The van der Waals surface area contributed by atoms with Crippen molar-refractivity contribution in [2.45, 2.75) is 25.9 Å². The normalized spacial score (nSPS) is 11.7. The van der Waals surface area contributed by atoms with E-state index in [9.17, 15) is 4.79 Å². The maximum absolute atomic E-state index is 11.9. The Hall–Kier alpha value is -1.81. The van der Waals surface area contributed by atoms with E-state index in [-0.39, 0.29) is 5.91 Å². The molecule has 0 aromatic heterocycles. The minimum Gasteiger partial charge on any atom is -0.490 e. The fourth-order valence-electron chi connectivity index (χ4n) is 1.66. The van der Waals surface area contributed by atoms with E-state index >= 15 is 0 Å². The van der Waals surface area contributed by atoms with Crippen LogP contribution in [0.15, 0.2) is 36.9 Å². The van der Waals surface area contributed by atoms with Gasteiger partial charge in [0.1, 0.15) is 12.4 Å². The molecule has 1 rings (SSSR count). The zero-order valence-electron chi connectivity index (χ0n) is 11.6. The maximum atomic E-state index is 11.9. The molecule has 104 valence electrons. The van der Waals surface area contributed by atoms with Gasteiger partial charge in [0.2, 0.25) is 5.91 Å². The maximum Gasteiger partial charge on any atom is 0.239 e. The Balaban J connectivity index is 2.57. The van der Waals surface area contributed by atoms with Crippen LogP contribution in [0.5, 0.6) is 5.75 Å². The van der Waals surface area contributed by atoms with Gasteiger partial charge in [0.05, 0.1) is 6.04 Å². The molecule has 1 amide bonds. The number of likely N-dealkylation sites (N-methyl/N-ethyl adjacent to an activating group) is 1. The standard InChI is InChI=1S/C15H22N2O2/c1-4-10-19-13-8-6-12(7-9-13)11-17(3)15(18)14(16)5-2/h4,6-9,14H,1,5,10-11,16H2,2-3H3/t14-/m1/s1. The Morgan fingerprint density at radius 2 is 2.11 bits per heavy atom. The first-order valence-electron chi connectivity index (χ1n) is 6.41. The molecule has 0 heterocycles. The van der Waals surface area contributed by atoms with E-state index in [0.717, 1.165) is 11.3 Å². The minimum absolute atomic E-state index is 0.0329. The van der Waals surface area contributed by atoms with Crippen LogP contribution in [0.1, 0.15) is 18.9 Å². The summed E-state index contributed by atoms with van der Waals surface area (Å²) in [6, 6.07) is 7.24. The van der Waals surface area contributed by atoms with Crippen LogP contribution in [-0.4, -0.2) is 30.5 Å². The zero-order chi connectivity index (χ0) is 14.3. The molecule has 0 saturated carbocycles. The highest BCUT2D eigenvalue weighted by atomic mass is 16.5. The minimum atomic E-state index is -0.416. The Morgan fingerprint density at radius 3 is 2.63 bits per heavy atom. The molecule has 0 unspecified atom stereocenters. The summed E-state index contributed by atoms with van der Waals surface area (Å²) in [5.74, 6) is 0.761. The Kier molecular flexibility index (Phi) is 6.09. The molecule has 0 aliphatic rings. The molecule has 0 bridgehead atoms. The van der Waals surface area contributed by atoms with Crippen LogP contribution in [0.2, 0.25) is 0 Å². The lowest BCUT2D eigenvalue weighted by molar-refractivity contribution is -0.131. The van der Waals surface area contributed by atoms with Gasteiger partial charge in [-0.05, 0) is 24.1 Å². The number of carbonyl (C=O) groups is 1. The smallest absolute Gasteiger partial charge is 0.239 e. The topological polar surface area (TPSA) is 55.6 Å². The van der Waals surface area contributed by atoms with Crippen molar-refractivity contribution in [2.75, 3.05) is 13.7 Å². The summed E-state index contributed by atoms with van der Waals surface area (Å²) >= 11 is 0. The van der Waals surface area contributed by atoms with Crippen molar-refractivity contribution in [3.05, 3.63) is 42.5 Å². The number of ether oxygens (including phenoxy) is 1. The molecule has 1 aromatic rings. The highest BCUT2D eigenvalue weighted by Gasteiger charge is 2.15. The molecule has 0 aliphatic carbocycles. The van der Waals surface area contributed by atoms with Crippen molar-refractivity contribution in [1.29, 1.82) is 0 Å². The third kappa shape index (κ3) is 4.75. The van der Waals surface area contributed by atoms with Crippen LogP contribution in [0.25, 0.3) is 0 Å². The quantitative estimate of drug-likeness (QED) is 0.764. The SMILES string of the molecule is C=CCOc1ccc(CN(C)C(=O)[C@H](N)CC)cc1. The van der Waals surface area contributed by atoms with Crippen molar-refractivity contribution in [2.24, 2.45) is 5.73 Å². The zero-order valence-corrected chi connectivity index (χ0v) is 11.6. The predicted octanol–water partition coefficient (Wildman–Crippen LogP) is 1.95. The van der Waals surface area contributed by atoms with E-state index in [1.807, 2.05) is 31.2 Å². The third-order valence-electron chi connectivity index (χ3n) is 2.84. The number of hydrogen-bond donors (Lipinski definition) is 1. The van der Waals surface area contributed by atoms with Gasteiger partial charge in [-0.1, -0.05) is 31.7 Å². The molecule has 0 spiro atoms. The number of hydrogen-bond acceptors (Lipinski definition) is 3. The Morgan fingerprint density at radius 1 is 1.47 bits per heavy atom. The van der Waals surface area contributed by atoms with Crippen LogP contribution in [-0.2, 0) is 11.3 Å². The van der Waals surface area contributed by atoms with Crippen molar-refractivity contribution in [3.8, 4) is 5.75 Å². The Bertz CT molecular complexity index is 415. The summed E-state index contributed by atoms with van der Waals surface area (Å²) in [6.45, 7) is 6.54. The van der Waals surface area contributed by atoms with Gasteiger partial charge in [0, 0.05) is 13.6 Å². The van der Waals surface area contributed by atoms with Crippen LogP contribution < -0.4 is 10.5 Å². The van der Waals surface area contributed by atoms with Gasteiger partial charge in [-0.15, -0.1) is 0 Å². The van der Waals surface area contributed by atoms with Crippen molar-refractivity contribution >= 4 is 5.91 Å². The number of benzene rings is 1. The molecule has 19 heavy (non-hydrogen) atoms. The second-order valence-electron chi connectivity index (χ2n) is 4.45. The van der Waals surface area contributed by atoms with Crippen LogP contribution in [0.3, 0.4) is 0 Å². The van der Waals surface area contributed by atoms with E-state index in [1.54, 1.807) is 18.0 Å². The first kappa shape index (κ1) is 15.2. The van der Waals surface area contributed by atoms with Gasteiger partial charge in [0.15, 0.2) is 0 Å². The highest BCUT2D eigenvalue weighted by Crippen LogP contribution is 2.13. The van der Waals surface area contributed by atoms with Crippen LogP contribution >= 0.6 is 0 Å². The van der Waals surface area contributed by atoms with Gasteiger partial charge < -0.3 is 15.4 Å². The molecular formula is C15H22N2O2. The fraction of sp³-hybridized carbons (Fsp3) is 0.400. The molecular weight excluding hydrogens is 240 g/mol. The lowest BCUT2D eigenvalue weighted by atomic mass is 10.1. The van der Waals surface area contributed by atoms with E-state index in [1.165, 1.54) is 0 Å². The fourth-order valence-corrected chi connectivity index (χ4v) is 1.66. The first-order chi connectivity index (χ1) is 9.08. The molecule has 4 heteroatoms. The second-order valence-corrected chi connectivity index (χ2v) is 4.45. The van der Waals surface area contributed by atoms with Gasteiger partial charge in [-0.25, -0.2) is 0 Å². The van der Waals surface area contributed by atoms with E-state index in [2.05, 4.69) is 6.58 Å². The molecule has 1 atom stereocenters. The molecule has 2 N–H and O–H groups in total. The average Bonchev–Trinajstić information content (AvgIpc) is 2.44. The molecule has 4 nitrogen and oxygen atoms in total. The average molecular weight is 262 g/mol. The summed E-state index contributed by atoms with van der Waals surface area (Å²) < 4.78 is 5.40. The van der Waals surface area contributed by atoms with Gasteiger partial charge in [0.25, 0.3) is 0 Å². The lowest BCUT2D eigenvalue weighted by Crippen LogP contribution is -2.40. The van der Waals surface area contributed by atoms with Crippen molar-refractivity contribution in [1.82, 2.24) is 4.90 Å². The monoisotopic (exact) mass is 262 g/mol. The largest absolute Gasteiger partial charge is 0.490 e. The summed E-state index contributed by atoms with van der Waals surface area (Å²) in [4.78, 5) is 13.5. The molecule has 1 aromatic carbocycles. The van der Waals surface area contributed by atoms with E-state index in [0.29, 0.717) is 19.6 Å². The highest BCUT2D eigenvalue weighted by molar-refractivity contribution is 5.81. The van der Waals surface area contributed by atoms with Gasteiger partial charge in [-0.3, -0.25) is 4.79 Å². The molecule has 0 saturated heterocycles. The van der Waals surface area contributed by atoms with Gasteiger partial charge in [-0.2, -0.15) is 0 Å². The van der Waals surface area contributed by atoms with Crippen LogP contribution in [0, 0.1) is 0 Å². The third-order valence-corrected chi connectivity index (χ3v) is 2.84. The predicted molar refractivity (Wildman–Crippen MR) is 76.9 cm³/mol. The molecule has 0 fully saturated rings. The number of rotatable bonds is 7. The Labute approximate surface area is 114 Å². The number of nitrogens with two attached hydrogens (primary N) is 1. The molecule has 0 radical (unpaired) electrons.